The predicted molar refractivity (Wildman–Crippen MR) is 73.4 cm³/mol. The Morgan fingerprint density at radius 3 is 2.94 bits per heavy atom. The Bertz CT molecular complexity index is 404. The van der Waals surface area contributed by atoms with Crippen LogP contribution in [0.15, 0.2) is 12.1 Å². The van der Waals surface area contributed by atoms with Crippen molar-refractivity contribution in [1.29, 1.82) is 0 Å². The highest BCUT2D eigenvalue weighted by Gasteiger charge is 2.21. The first-order valence-electron chi connectivity index (χ1n) is 6.81. The van der Waals surface area contributed by atoms with E-state index >= 15 is 0 Å². The summed E-state index contributed by atoms with van der Waals surface area (Å²) in [6.07, 6.45) is 3.24. The van der Waals surface area contributed by atoms with E-state index in [0.717, 1.165) is 43.9 Å². The Hall–Kier alpha value is -1.22. The zero-order valence-electron chi connectivity index (χ0n) is 11.6. The molecule has 1 aromatic carbocycles. The van der Waals surface area contributed by atoms with Gasteiger partial charge in [0.25, 0.3) is 0 Å². The van der Waals surface area contributed by atoms with Gasteiger partial charge in [0.15, 0.2) is 11.5 Å². The maximum atomic E-state index is 5.96. The van der Waals surface area contributed by atoms with E-state index in [0.29, 0.717) is 6.04 Å². The van der Waals surface area contributed by atoms with Crippen molar-refractivity contribution in [2.24, 2.45) is 0 Å². The minimum Gasteiger partial charge on any atom is -0.493 e. The average molecular weight is 249 g/mol. The highest BCUT2D eigenvalue weighted by atomic mass is 16.5. The van der Waals surface area contributed by atoms with Crippen molar-refractivity contribution in [2.45, 2.75) is 45.7 Å². The summed E-state index contributed by atoms with van der Waals surface area (Å²) >= 11 is 0. The van der Waals surface area contributed by atoms with Crippen molar-refractivity contribution < 1.29 is 9.47 Å². The Kier molecular flexibility index (Phi) is 4.48. The minimum atomic E-state index is 0.498. The molecular weight excluding hydrogens is 226 g/mol. The van der Waals surface area contributed by atoms with Gasteiger partial charge in [0, 0.05) is 18.2 Å². The first-order chi connectivity index (χ1) is 8.76. The van der Waals surface area contributed by atoms with Crippen LogP contribution >= 0.6 is 0 Å². The number of fused-ring (bicyclic) bond motifs is 1. The lowest BCUT2D eigenvalue weighted by Crippen LogP contribution is -2.33. The van der Waals surface area contributed by atoms with Crippen LogP contribution in [-0.2, 0) is 13.0 Å². The van der Waals surface area contributed by atoms with Gasteiger partial charge in [0.1, 0.15) is 0 Å². The molecule has 0 aromatic heterocycles. The summed E-state index contributed by atoms with van der Waals surface area (Å²) in [7, 11) is 1.71. The number of ether oxygens (including phenoxy) is 2. The van der Waals surface area contributed by atoms with E-state index in [2.05, 4.69) is 25.2 Å². The van der Waals surface area contributed by atoms with Gasteiger partial charge < -0.3 is 14.8 Å². The van der Waals surface area contributed by atoms with Gasteiger partial charge in [-0.05, 0) is 31.4 Å². The number of unbranched alkanes of at least 4 members (excludes halogenated alkanes) is 1. The molecule has 0 aliphatic carbocycles. The molecule has 1 aromatic rings. The zero-order chi connectivity index (χ0) is 13.0. The normalized spacial score (nSPS) is 18.3. The van der Waals surface area contributed by atoms with E-state index in [4.69, 9.17) is 9.47 Å². The molecule has 3 nitrogen and oxygen atoms in total. The van der Waals surface area contributed by atoms with Crippen molar-refractivity contribution in [3.05, 3.63) is 23.3 Å². The molecule has 0 saturated heterocycles. The van der Waals surface area contributed by atoms with Crippen LogP contribution in [0.2, 0.25) is 0 Å². The van der Waals surface area contributed by atoms with Crippen LogP contribution < -0.4 is 14.8 Å². The third-order valence-corrected chi connectivity index (χ3v) is 3.44. The van der Waals surface area contributed by atoms with Gasteiger partial charge in [-0.25, -0.2) is 0 Å². The molecule has 0 fully saturated rings. The van der Waals surface area contributed by atoms with Crippen LogP contribution in [0.4, 0.5) is 0 Å². The summed E-state index contributed by atoms with van der Waals surface area (Å²) in [6.45, 7) is 6.07. The number of hydrogen-bond acceptors (Lipinski definition) is 3. The number of benzene rings is 1. The van der Waals surface area contributed by atoms with E-state index in [1.807, 2.05) is 6.07 Å². The Labute approximate surface area is 109 Å². The monoisotopic (exact) mass is 249 g/mol. The van der Waals surface area contributed by atoms with E-state index in [9.17, 15) is 0 Å². The Morgan fingerprint density at radius 1 is 1.39 bits per heavy atom. The Morgan fingerprint density at radius 2 is 2.22 bits per heavy atom. The van der Waals surface area contributed by atoms with Crippen LogP contribution in [0.5, 0.6) is 11.5 Å². The molecule has 0 amide bonds. The third-order valence-electron chi connectivity index (χ3n) is 3.44. The summed E-state index contributed by atoms with van der Waals surface area (Å²) in [5.41, 5.74) is 2.65. The highest BCUT2D eigenvalue weighted by molar-refractivity contribution is 5.52. The van der Waals surface area contributed by atoms with E-state index in [1.165, 1.54) is 11.1 Å². The molecule has 100 valence electrons. The molecule has 0 saturated carbocycles. The molecule has 2 rings (SSSR count). The summed E-state index contributed by atoms with van der Waals surface area (Å²) in [5, 5.41) is 3.47. The van der Waals surface area contributed by atoms with Crippen LogP contribution in [0.3, 0.4) is 0 Å². The van der Waals surface area contributed by atoms with Gasteiger partial charge in [0.05, 0.1) is 13.7 Å². The summed E-state index contributed by atoms with van der Waals surface area (Å²) in [4.78, 5) is 0. The summed E-state index contributed by atoms with van der Waals surface area (Å²) in [5.74, 6) is 1.82. The number of methoxy groups -OCH3 is 1. The van der Waals surface area contributed by atoms with Gasteiger partial charge in [-0.2, -0.15) is 0 Å². The smallest absolute Gasteiger partial charge is 0.164 e. The van der Waals surface area contributed by atoms with Crippen molar-refractivity contribution >= 4 is 0 Å². The lowest BCUT2D eigenvalue weighted by atomic mass is 9.95. The maximum absolute atomic E-state index is 5.96. The van der Waals surface area contributed by atoms with Crippen molar-refractivity contribution in [2.75, 3.05) is 13.7 Å². The third kappa shape index (κ3) is 2.78. The molecular formula is C15H23NO2. The molecule has 0 unspecified atom stereocenters. The van der Waals surface area contributed by atoms with E-state index < -0.39 is 0 Å². The fourth-order valence-corrected chi connectivity index (χ4v) is 2.34. The zero-order valence-corrected chi connectivity index (χ0v) is 11.6. The molecule has 1 aliphatic heterocycles. The number of hydrogen-bond donors (Lipinski definition) is 1. The van der Waals surface area contributed by atoms with Crippen LogP contribution in [0.1, 0.15) is 37.8 Å². The van der Waals surface area contributed by atoms with Gasteiger partial charge in [0.2, 0.25) is 0 Å². The molecule has 0 spiro atoms. The van der Waals surface area contributed by atoms with Crippen molar-refractivity contribution in [3.63, 3.8) is 0 Å². The second-order valence-electron chi connectivity index (χ2n) is 4.92. The van der Waals surface area contributed by atoms with Gasteiger partial charge in [-0.15, -0.1) is 0 Å². The molecule has 1 atom stereocenters. The van der Waals surface area contributed by atoms with Gasteiger partial charge >= 0.3 is 0 Å². The molecule has 1 aliphatic rings. The second kappa shape index (κ2) is 6.10. The highest BCUT2D eigenvalue weighted by Crippen LogP contribution is 2.36. The summed E-state index contributed by atoms with van der Waals surface area (Å²) in [6, 6.07) is 4.65. The first kappa shape index (κ1) is 13.2. The SMILES string of the molecule is CCCCOc1c(OC)ccc2c1C[C@@H](C)NC2. The van der Waals surface area contributed by atoms with Crippen LogP contribution in [0.25, 0.3) is 0 Å². The van der Waals surface area contributed by atoms with Crippen LogP contribution in [-0.4, -0.2) is 19.8 Å². The van der Waals surface area contributed by atoms with Crippen molar-refractivity contribution in [3.8, 4) is 11.5 Å². The first-order valence-corrected chi connectivity index (χ1v) is 6.81. The fourth-order valence-electron chi connectivity index (χ4n) is 2.34. The molecule has 1 heterocycles. The van der Waals surface area contributed by atoms with E-state index in [-0.39, 0.29) is 0 Å². The van der Waals surface area contributed by atoms with Crippen molar-refractivity contribution in [1.82, 2.24) is 5.32 Å². The second-order valence-corrected chi connectivity index (χ2v) is 4.92. The Balaban J connectivity index is 2.27. The fraction of sp³-hybridized carbons (Fsp3) is 0.600. The average Bonchev–Trinajstić information content (AvgIpc) is 2.39. The number of nitrogens with one attached hydrogen (secondary N) is 1. The van der Waals surface area contributed by atoms with Gasteiger partial charge in [-0.1, -0.05) is 19.4 Å². The van der Waals surface area contributed by atoms with Gasteiger partial charge in [-0.3, -0.25) is 0 Å². The minimum absolute atomic E-state index is 0.498. The molecule has 0 radical (unpaired) electrons. The summed E-state index contributed by atoms with van der Waals surface area (Å²) < 4.78 is 11.4. The lowest BCUT2D eigenvalue weighted by Gasteiger charge is -2.26. The molecule has 1 N–H and O–H groups in total. The molecule has 0 bridgehead atoms. The van der Waals surface area contributed by atoms with Crippen LogP contribution in [0, 0.1) is 0 Å². The topological polar surface area (TPSA) is 30.5 Å². The largest absolute Gasteiger partial charge is 0.493 e. The molecule has 18 heavy (non-hydrogen) atoms. The maximum Gasteiger partial charge on any atom is 0.164 e. The number of rotatable bonds is 5. The standard InChI is InChI=1S/C15H23NO2/c1-4-5-8-18-15-13-9-11(2)16-10-12(13)6-7-14(15)17-3/h6-7,11,16H,4-5,8-10H2,1-3H3/t11-/m1/s1. The lowest BCUT2D eigenvalue weighted by molar-refractivity contribution is 0.282. The molecule has 3 heteroatoms. The quantitative estimate of drug-likeness (QED) is 0.814. The van der Waals surface area contributed by atoms with E-state index in [1.54, 1.807) is 7.11 Å². The predicted octanol–water partition coefficient (Wildman–Crippen LogP) is 2.91.